The van der Waals surface area contributed by atoms with Crippen LogP contribution in [-0.2, 0) is 10.0 Å². The molecule has 116 valence electrons. The number of nitrogens with zero attached hydrogens (tertiary/aromatic N) is 1. The van der Waals surface area contributed by atoms with Gasteiger partial charge < -0.3 is 5.73 Å². The van der Waals surface area contributed by atoms with Crippen LogP contribution in [0.3, 0.4) is 0 Å². The third-order valence-electron chi connectivity index (χ3n) is 3.69. The molecule has 1 aliphatic carbocycles. The lowest BCUT2D eigenvalue weighted by Gasteiger charge is -2.29. The predicted octanol–water partition coefficient (Wildman–Crippen LogP) is 1.14. The summed E-state index contributed by atoms with van der Waals surface area (Å²) >= 11 is 0. The molecule has 0 amide bonds. The molecule has 0 heterocycles. The van der Waals surface area contributed by atoms with Crippen LogP contribution < -0.4 is 10.5 Å². The highest BCUT2D eigenvalue weighted by Gasteiger charge is 2.43. The third-order valence-corrected chi connectivity index (χ3v) is 5.31. The Morgan fingerprint density at radius 2 is 2.14 bits per heavy atom. The molecule has 0 radical (unpaired) electrons. The number of nitro groups is 1. The van der Waals surface area contributed by atoms with Crippen LogP contribution in [0.2, 0.25) is 0 Å². The van der Waals surface area contributed by atoms with Crippen LogP contribution in [0.1, 0.15) is 19.8 Å². The average Bonchev–Trinajstić information content (AvgIpc) is 3.22. The molecular weight excluding hydrogens is 301 g/mol. The van der Waals surface area contributed by atoms with Crippen LogP contribution in [0.4, 0.5) is 10.1 Å². The summed E-state index contributed by atoms with van der Waals surface area (Å²) in [5, 5.41) is 10.7. The number of hydrogen-bond donors (Lipinski definition) is 2. The topological polar surface area (TPSA) is 115 Å². The largest absolute Gasteiger partial charge is 0.329 e. The smallest absolute Gasteiger partial charge is 0.270 e. The number of halogens is 1. The molecule has 1 aliphatic rings. The van der Waals surface area contributed by atoms with Crippen molar-refractivity contribution in [1.82, 2.24) is 4.72 Å². The van der Waals surface area contributed by atoms with E-state index in [2.05, 4.69) is 4.72 Å². The fraction of sp³-hybridized carbons (Fsp3) is 0.500. The van der Waals surface area contributed by atoms with Crippen molar-refractivity contribution in [3.63, 3.8) is 0 Å². The molecule has 0 spiro atoms. The van der Waals surface area contributed by atoms with Gasteiger partial charge in [-0.2, -0.15) is 0 Å². The number of rotatable bonds is 6. The Morgan fingerprint density at radius 3 is 2.62 bits per heavy atom. The maximum absolute atomic E-state index is 13.8. The van der Waals surface area contributed by atoms with Gasteiger partial charge in [0.25, 0.3) is 5.69 Å². The monoisotopic (exact) mass is 317 g/mol. The summed E-state index contributed by atoms with van der Waals surface area (Å²) in [7, 11) is -4.23. The van der Waals surface area contributed by atoms with Gasteiger partial charge in [-0.1, -0.05) is 0 Å². The van der Waals surface area contributed by atoms with E-state index in [9.17, 15) is 22.9 Å². The van der Waals surface area contributed by atoms with E-state index in [1.165, 1.54) is 0 Å². The van der Waals surface area contributed by atoms with E-state index in [1.54, 1.807) is 6.92 Å². The van der Waals surface area contributed by atoms with Gasteiger partial charge in [0, 0.05) is 24.2 Å². The number of hydrogen-bond acceptors (Lipinski definition) is 5. The summed E-state index contributed by atoms with van der Waals surface area (Å²) < 4.78 is 40.8. The normalized spacial score (nSPS) is 18.2. The van der Waals surface area contributed by atoms with Gasteiger partial charge >= 0.3 is 0 Å². The van der Waals surface area contributed by atoms with Crippen molar-refractivity contribution in [2.75, 3.05) is 6.54 Å². The van der Waals surface area contributed by atoms with Gasteiger partial charge in [-0.3, -0.25) is 10.1 Å². The van der Waals surface area contributed by atoms with Crippen molar-refractivity contribution in [3.8, 4) is 0 Å². The molecule has 1 fully saturated rings. The zero-order chi connectivity index (χ0) is 15.8. The average molecular weight is 317 g/mol. The number of nitrogens with one attached hydrogen (secondary N) is 1. The summed E-state index contributed by atoms with van der Waals surface area (Å²) in [5.74, 6) is -0.942. The van der Waals surface area contributed by atoms with Gasteiger partial charge in [0.05, 0.1) is 4.92 Å². The Kier molecular flexibility index (Phi) is 4.00. The number of nitrogens with two attached hydrogens (primary N) is 1. The van der Waals surface area contributed by atoms with Crippen molar-refractivity contribution in [2.45, 2.75) is 30.2 Å². The molecule has 0 aliphatic heterocycles. The van der Waals surface area contributed by atoms with Crippen LogP contribution in [0.15, 0.2) is 23.1 Å². The number of sulfonamides is 1. The number of non-ortho nitro benzene ring substituents is 1. The molecule has 21 heavy (non-hydrogen) atoms. The van der Waals surface area contributed by atoms with Gasteiger partial charge in [-0.05, 0) is 31.7 Å². The molecule has 0 saturated heterocycles. The second-order valence-corrected chi connectivity index (χ2v) is 7.02. The molecule has 1 atom stereocenters. The summed E-state index contributed by atoms with van der Waals surface area (Å²) in [4.78, 5) is 9.18. The Bertz CT molecular complexity index is 675. The summed E-state index contributed by atoms with van der Waals surface area (Å²) in [6.45, 7) is 1.71. The predicted molar refractivity (Wildman–Crippen MR) is 73.6 cm³/mol. The molecular formula is C12H16FN3O4S. The molecule has 0 aromatic heterocycles. The number of nitro benzene ring substituents is 1. The highest BCUT2D eigenvalue weighted by atomic mass is 32.2. The highest BCUT2D eigenvalue weighted by molar-refractivity contribution is 7.89. The maximum Gasteiger partial charge on any atom is 0.270 e. The van der Waals surface area contributed by atoms with Gasteiger partial charge in [0.15, 0.2) is 0 Å². The lowest BCUT2D eigenvalue weighted by molar-refractivity contribution is -0.385. The summed E-state index contributed by atoms with van der Waals surface area (Å²) in [6.07, 6.45) is 1.68. The third kappa shape index (κ3) is 3.20. The van der Waals surface area contributed by atoms with Crippen molar-refractivity contribution in [1.29, 1.82) is 0 Å². The standard InChI is InChI=1S/C12H16FN3O4S/c1-12(7-14,8-2-3-8)15-21(19,20)11-6-9(16(17)18)4-5-10(11)13/h4-6,8,15H,2-3,7,14H2,1H3. The van der Waals surface area contributed by atoms with Crippen molar-refractivity contribution < 1.29 is 17.7 Å². The Hall–Kier alpha value is -1.58. The van der Waals surface area contributed by atoms with Gasteiger partial charge in [-0.15, -0.1) is 0 Å². The molecule has 2 rings (SSSR count). The first-order valence-corrected chi connectivity index (χ1v) is 7.86. The molecule has 0 bridgehead atoms. The fourth-order valence-electron chi connectivity index (χ4n) is 2.19. The van der Waals surface area contributed by atoms with Crippen LogP contribution >= 0.6 is 0 Å². The van der Waals surface area contributed by atoms with Crippen molar-refractivity contribution >= 4 is 15.7 Å². The Labute approximate surface area is 121 Å². The molecule has 1 aromatic rings. The molecule has 1 saturated carbocycles. The van der Waals surface area contributed by atoms with Gasteiger partial charge in [-0.25, -0.2) is 17.5 Å². The van der Waals surface area contributed by atoms with Crippen LogP contribution in [0.5, 0.6) is 0 Å². The lowest BCUT2D eigenvalue weighted by atomic mass is 9.98. The minimum atomic E-state index is -4.23. The maximum atomic E-state index is 13.8. The molecule has 1 unspecified atom stereocenters. The van der Waals surface area contributed by atoms with Crippen LogP contribution in [0.25, 0.3) is 0 Å². The van der Waals surface area contributed by atoms with E-state index in [0.717, 1.165) is 25.0 Å². The molecule has 3 N–H and O–H groups in total. The van der Waals surface area contributed by atoms with E-state index < -0.39 is 36.9 Å². The first-order valence-electron chi connectivity index (χ1n) is 6.37. The first-order chi connectivity index (χ1) is 9.69. The zero-order valence-electron chi connectivity index (χ0n) is 11.4. The SMILES string of the molecule is CC(CN)(NS(=O)(=O)c1cc([N+](=O)[O-])ccc1F)C1CC1. The van der Waals surface area contributed by atoms with Crippen molar-refractivity contribution in [3.05, 3.63) is 34.1 Å². The van der Waals surface area contributed by atoms with E-state index in [1.807, 2.05) is 0 Å². The van der Waals surface area contributed by atoms with E-state index in [-0.39, 0.29) is 12.5 Å². The molecule has 9 heteroatoms. The zero-order valence-corrected chi connectivity index (χ0v) is 12.2. The summed E-state index contributed by atoms with van der Waals surface area (Å²) in [6, 6.07) is 2.39. The lowest BCUT2D eigenvalue weighted by Crippen LogP contribution is -2.53. The quantitative estimate of drug-likeness (QED) is 0.603. The van der Waals surface area contributed by atoms with E-state index >= 15 is 0 Å². The molecule has 1 aromatic carbocycles. The second-order valence-electron chi connectivity index (χ2n) is 5.37. The second kappa shape index (κ2) is 5.32. The Morgan fingerprint density at radius 1 is 1.52 bits per heavy atom. The number of benzene rings is 1. The van der Waals surface area contributed by atoms with Gasteiger partial charge in [0.2, 0.25) is 10.0 Å². The fourth-order valence-corrected chi connectivity index (χ4v) is 3.76. The van der Waals surface area contributed by atoms with E-state index in [0.29, 0.717) is 6.07 Å². The van der Waals surface area contributed by atoms with Crippen LogP contribution in [0, 0.1) is 21.8 Å². The van der Waals surface area contributed by atoms with Crippen LogP contribution in [-0.4, -0.2) is 25.4 Å². The van der Waals surface area contributed by atoms with E-state index in [4.69, 9.17) is 5.73 Å². The first kappa shape index (κ1) is 15.8. The van der Waals surface area contributed by atoms with Crippen molar-refractivity contribution in [2.24, 2.45) is 11.7 Å². The minimum Gasteiger partial charge on any atom is -0.329 e. The highest BCUT2D eigenvalue weighted by Crippen LogP contribution is 2.40. The summed E-state index contributed by atoms with van der Waals surface area (Å²) in [5.41, 5.74) is 4.25. The minimum absolute atomic E-state index is 0.0629. The van der Waals surface area contributed by atoms with Gasteiger partial charge in [0.1, 0.15) is 10.7 Å². The Balaban J connectivity index is 2.39. The molecule has 7 nitrogen and oxygen atoms in total.